The molecule has 218 valence electrons. The average Bonchev–Trinajstić information content (AvgIpc) is 3.45. The monoisotopic (exact) mass is 570 g/mol. The topological polar surface area (TPSA) is 117 Å². The maximum absolute atomic E-state index is 13.1. The van der Waals surface area contributed by atoms with Crippen LogP contribution in [-0.2, 0) is 32.0 Å². The molecule has 4 amide bonds. The molecule has 2 heterocycles. The van der Waals surface area contributed by atoms with E-state index in [1.807, 2.05) is 48.5 Å². The van der Waals surface area contributed by atoms with E-state index in [1.165, 1.54) is 0 Å². The van der Waals surface area contributed by atoms with Crippen molar-refractivity contribution in [2.24, 2.45) is 0 Å². The summed E-state index contributed by atoms with van der Waals surface area (Å²) in [5.74, 6) is 0.269. The number of anilines is 2. The standard InChI is InChI=1S/C32H34N4O6/c1-41-25-7-3-5-21(17-25)13-15-33-27-19-29(37)35(31(27)39)23-9-11-24(12-10-23)36-30(38)20-28(32(36)40)34-16-14-22-6-4-8-26(18-22)42-2/h3-12,17-18,27-28,33-34H,13-16,19-20H2,1-2H3/t27-,28-/m1/s1. The Labute approximate surface area is 244 Å². The van der Waals surface area contributed by atoms with Crippen molar-refractivity contribution in [3.05, 3.63) is 83.9 Å². The third kappa shape index (κ3) is 6.35. The molecule has 0 unspecified atom stereocenters. The van der Waals surface area contributed by atoms with Crippen molar-refractivity contribution >= 4 is 35.0 Å². The van der Waals surface area contributed by atoms with Gasteiger partial charge in [0.15, 0.2) is 0 Å². The highest BCUT2D eigenvalue weighted by molar-refractivity contribution is 6.24. The van der Waals surface area contributed by atoms with Gasteiger partial charge in [0, 0.05) is 0 Å². The number of amides is 4. The summed E-state index contributed by atoms with van der Waals surface area (Å²) >= 11 is 0. The number of hydrogen-bond acceptors (Lipinski definition) is 8. The number of hydrogen-bond donors (Lipinski definition) is 2. The fourth-order valence-corrected chi connectivity index (χ4v) is 5.31. The lowest BCUT2D eigenvalue weighted by molar-refractivity contribution is -0.123. The quantitative estimate of drug-likeness (QED) is 0.319. The lowest BCUT2D eigenvalue weighted by Gasteiger charge is -2.19. The van der Waals surface area contributed by atoms with Gasteiger partial charge < -0.3 is 20.1 Å². The van der Waals surface area contributed by atoms with E-state index in [4.69, 9.17) is 9.47 Å². The number of benzene rings is 3. The first kappa shape index (κ1) is 29.0. The van der Waals surface area contributed by atoms with Gasteiger partial charge in [0.1, 0.15) is 11.5 Å². The van der Waals surface area contributed by atoms with Crippen LogP contribution in [0.1, 0.15) is 24.0 Å². The molecule has 5 rings (SSSR count). The zero-order valence-corrected chi connectivity index (χ0v) is 23.7. The lowest BCUT2D eigenvalue weighted by atomic mass is 10.1. The van der Waals surface area contributed by atoms with Gasteiger partial charge in [-0.15, -0.1) is 0 Å². The van der Waals surface area contributed by atoms with Gasteiger partial charge in [-0.2, -0.15) is 0 Å². The Morgan fingerprint density at radius 3 is 1.43 bits per heavy atom. The van der Waals surface area contributed by atoms with E-state index in [0.29, 0.717) is 37.3 Å². The summed E-state index contributed by atoms with van der Waals surface area (Å²) in [6.07, 6.45) is 1.48. The van der Waals surface area contributed by atoms with Crippen LogP contribution in [0.2, 0.25) is 0 Å². The van der Waals surface area contributed by atoms with Crippen molar-refractivity contribution in [2.75, 3.05) is 37.1 Å². The second kappa shape index (κ2) is 13.0. The third-order valence-corrected chi connectivity index (χ3v) is 7.54. The van der Waals surface area contributed by atoms with Crippen LogP contribution in [0, 0.1) is 0 Å². The zero-order valence-electron chi connectivity index (χ0n) is 23.7. The minimum Gasteiger partial charge on any atom is -0.497 e. The van der Waals surface area contributed by atoms with Crippen molar-refractivity contribution in [3.8, 4) is 11.5 Å². The van der Waals surface area contributed by atoms with E-state index in [9.17, 15) is 19.2 Å². The molecule has 0 aliphatic carbocycles. The van der Waals surface area contributed by atoms with E-state index >= 15 is 0 Å². The molecule has 0 spiro atoms. The van der Waals surface area contributed by atoms with Gasteiger partial charge in [-0.1, -0.05) is 24.3 Å². The summed E-state index contributed by atoms with van der Waals surface area (Å²) in [4.78, 5) is 54.0. The SMILES string of the molecule is COc1cccc(CCN[C@@H]2CC(=O)N(c3ccc(N4C(=O)C[C@@H](NCCc5cccc(OC)c5)C4=O)cc3)C2=O)c1. The van der Waals surface area contributed by atoms with Crippen molar-refractivity contribution in [3.63, 3.8) is 0 Å². The predicted molar refractivity (Wildman–Crippen MR) is 158 cm³/mol. The van der Waals surface area contributed by atoms with Crippen LogP contribution >= 0.6 is 0 Å². The van der Waals surface area contributed by atoms with E-state index in [-0.39, 0.29) is 36.5 Å². The highest BCUT2D eigenvalue weighted by atomic mass is 16.5. The maximum Gasteiger partial charge on any atom is 0.251 e. The lowest BCUT2D eigenvalue weighted by Crippen LogP contribution is -2.40. The minimum absolute atomic E-state index is 0.0604. The normalized spacial score (nSPS) is 18.7. The Hall–Kier alpha value is -4.54. The second-order valence-electron chi connectivity index (χ2n) is 10.3. The van der Waals surface area contributed by atoms with Crippen molar-refractivity contribution in [1.82, 2.24) is 10.6 Å². The first-order valence-corrected chi connectivity index (χ1v) is 13.9. The predicted octanol–water partition coefficient (Wildman–Crippen LogP) is 2.63. The molecule has 2 aliphatic heterocycles. The Kier molecular flexibility index (Phi) is 8.94. The first-order chi connectivity index (χ1) is 20.4. The number of nitrogens with zero attached hydrogens (tertiary/aromatic N) is 2. The van der Waals surface area contributed by atoms with Crippen molar-refractivity contribution < 1.29 is 28.7 Å². The number of rotatable bonds is 12. The molecule has 2 aliphatic rings. The zero-order chi connectivity index (χ0) is 29.6. The van der Waals surface area contributed by atoms with Crippen molar-refractivity contribution in [1.29, 1.82) is 0 Å². The Morgan fingerprint density at radius 2 is 1.05 bits per heavy atom. The molecule has 2 saturated heterocycles. The number of carbonyl (C=O) groups excluding carboxylic acids is 4. The average molecular weight is 571 g/mol. The van der Waals surface area contributed by atoms with Gasteiger partial charge in [-0.3, -0.25) is 19.2 Å². The maximum atomic E-state index is 13.1. The van der Waals surface area contributed by atoms with Gasteiger partial charge >= 0.3 is 0 Å². The summed E-state index contributed by atoms with van der Waals surface area (Å²) in [5, 5.41) is 6.38. The summed E-state index contributed by atoms with van der Waals surface area (Å²) < 4.78 is 10.5. The van der Waals surface area contributed by atoms with Gasteiger partial charge in [0.2, 0.25) is 11.8 Å². The number of carbonyl (C=O) groups is 4. The molecule has 10 heteroatoms. The molecule has 0 radical (unpaired) electrons. The molecule has 2 atom stereocenters. The second-order valence-corrected chi connectivity index (χ2v) is 10.3. The highest BCUT2D eigenvalue weighted by Gasteiger charge is 2.41. The summed E-state index contributed by atoms with van der Waals surface area (Å²) in [5.41, 5.74) is 2.92. The molecule has 2 fully saturated rings. The molecule has 10 nitrogen and oxygen atoms in total. The van der Waals surface area contributed by atoms with Gasteiger partial charge in [0.25, 0.3) is 11.8 Å². The van der Waals surface area contributed by atoms with Crippen LogP contribution in [0.3, 0.4) is 0 Å². The Morgan fingerprint density at radius 1 is 0.643 bits per heavy atom. The molecule has 3 aromatic carbocycles. The van der Waals surface area contributed by atoms with Crippen molar-refractivity contribution in [2.45, 2.75) is 37.8 Å². The van der Waals surface area contributed by atoms with Crippen LogP contribution in [0.15, 0.2) is 72.8 Å². The summed E-state index contributed by atoms with van der Waals surface area (Å²) in [7, 11) is 3.23. The van der Waals surface area contributed by atoms with Crippen LogP contribution < -0.4 is 29.9 Å². The van der Waals surface area contributed by atoms with Gasteiger partial charge in [-0.25, -0.2) is 9.80 Å². The number of imide groups is 2. The molecule has 3 aromatic rings. The number of nitrogens with one attached hydrogen (secondary N) is 2. The molecular formula is C32H34N4O6. The van der Waals surface area contributed by atoms with E-state index in [0.717, 1.165) is 32.4 Å². The van der Waals surface area contributed by atoms with Crippen LogP contribution in [-0.4, -0.2) is 63.0 Å². The fourth-order valence-electron chi connectivity index (χ4n) is 5.31. The fraction of sp³-hybridized carbons (Fsp3) is 0.312. The summed E-state index contributed by atoms with van der Waals surface area (Å²) in [6.45, 7) is 1.05. The van der Waals surface area contributed by atoms with Crippen LogP contribution in [0.4, 0.5) is 11.4 Å². The smallest absolute Gasteiger partial charge is 0.251 e. The molecule has 42 heavy (non-hydrogen) atoms. The number of ether oxygens (including phenoxy) is 2. The minimum atomic E-state index is -0.617. The first-order valence-electron chi connectivity index (χ1n) is 13.9. The molecule has 2 N–H and O–H groups in total. The van der Waals surface area contributed by atoms with Crippen LogP contribution in [0.25, 0.3) is 0 Å². The van der Waals surface area contributed by atoms with E-state index in [2.05, 4.69) is 10.6 Å². The van der Waals surface area contributed by atoms with Gasteiger partial charge in [-0.05, 0) is 85.6 Å². The summed E-state index contributed by atoms with van der Waals surface area (Å²) in [6, 6.07) is 20.5. The van der Waals surface area contributed by atoms with E-state index < -0.39 is 12.1 Å². The van der Waals surface area contributed by atoms with E-state index in [1.54, 1.807) is 38.5 Å². The Balaban J connectivity index is 1.15. The molecular weight excluding hydrogens is 536 g/mol. The number of methoxy groups -OCH3 is 2. The molecule has 0 bridgehead atoms. The Bertz CT molecular complexity index is 1360. The third-order valence-electron chi connectivity index (χ3n) is 7.54. The molecule has 0 saturated carbocycles. The largest absolute Gasteiger partial charge is 0.497 e. The van der Waals surface area contributed by atoms with Crippen LogP contribution in [0.5, 0.6) is 11.5 Å². The molecule has 0 aromatic heterocycles. The van der Waals surface area contributed by atoms with Gasteiger partial charge in [0.05, 0.1) is 50.5 Å². The highest BCUT2D eigenvalue weighted by Crippen LogP contribution is 2.28.